The minimum atomic E-state index is -0.411. The van der Waals surface area contributed by atoms with E-state index >= 15 is 0 Å². The second-order valence-electron chi connectivity index (χ2n) is 4.80. The summed E-state index contributed by atoms with van der Waals surface area (Å²) in [5, 5.41) is 11.4. The number of nitrogens with one attached hydrogen (secondary N) is 1. The number of anilines is 1. The molecule has 17 heavy (non-hydrogen) atoms. The summed E-state index contributed by atoms with van der Waals surface area (Å²) in [5.41, 5.74) is 0.327. The highest BCUT2D eigenvalue weighted by molar-refractivity contribution is 5.94. The first kappa shape index (κ1) is 13.5. The van der Waals surface area contributed by atoms with E-state index in [1.165, 1.54) is 0 Å². The summed E-state index contributed by atoms with van der Waals surface area (Å²) in [6.45, 7) is 5.85. The second-order valence-corrected chi connectivity index (χ2v) is 4.80. The van der Waals surface area contributed by atoms with E-state index in [-0.39, 0.29) is 19.1 Å². The van der Waals surface area contributed by atoms with Crippen molar-refractivity contribution in [1.82, 2.24) is 0 Å². The van der Waals surface area contributed by atoms with Gasteiger partial charge in [-0.15, -0.1) is 0 Å². The first-order chi connectivity index (χ1) is 7.93. The standard InChI is InChI=1S/C13H19NO3/c1-13(2,3)12(16)14-10-4-6-11(7-5-10)17-9-8-15/h4-7,15H,8-9H2,1-3H3,(H,14,16). The fraction of sp³-hybridized carbons (Fsp3) is 0.462. The lowest BCUT2D eigenvalue weighted by atomic mass is 9.95. The Balaban J connectivity index is 2.59. The van der Waals surface area contributed by atoms with Crippen LogP contribution in [-0.4, -0.2) is 24.2 Å². The van der Waals surface area contributed by atoms with E-state index < -0.39 is 5.41 Å². The number of ether oxygens (including phenoxy) is 1. The highest BCUT2D eigenvalue weighted by atomic mass is 16.5. The Kier molecular flexibility index (Phi) is 4.52. The molecule has 0 aliphatic carbocycles. The predicted molar refractivity (Wildman–Crippen MR) is 67.1 cm³/mol. The minimum Gasteiger partial charge on any atom is -0.491 e. The average molecular weight is 237 g/mol. The molecule has 0 aliphatic rings. The van der Waals surface area contributed by atoms with E-state index in [0.717, 1.165) is 5.69 Å². The van der Waals surface area contributed by atoms with Crippen molar-refractivity contribution in [3.63, 3.8) is 0 Å². The topological polar surface area (TPSA) is 58.6 Å². The number of benzene rings is 1. The van der Waals surface area contributed by atoms with Crippen LogP contribution >= 0.6 is 0 Å². The quantitative estimate of drug-likeness (QED) is 0.842. The molecule has 0 radical (unpaired) electrons. The first-order valence-corrected chi connectivity index (χ1v) is 5.58. The van der Waals surface area contributed by atoms with Crippen molar-refractivity contribution in [2.24, 2.45) is 5.41 Å². The summed E-state index contributed by atoms with van der Waals surface area (Å²) in [7, 11) is 0. The Bertz CT molecular complexity index is 365. The number of amides is 1. The normalized spacial score (nSPS) is 11.1. The maximum Gasteiger partial charge on any atom is 0.229 e. The van der Waals surface area contributed by atoms with Gasteiger partial charge in [-0.2, -0.15) is 0 Å². The van der Waals surface area contributed by atoms with Crippen molar-refractivity contribution in [2.45, 2.75) is 20.8 Å². The summed E-state index contributed by atoms with van der Waals surface area (Å²) in [5.74, 6) is 0.648. The first-order valence-electron chi connectivity index (χ1n) is 5.58. The maximum atomic E-state index is 11.7. The minimum absolute atomic E-state index is 0.0114. The number of carbonyl (C=O) groups is 1. The third kappa shape index (κ3) is 4.44. The smallest absolute Gasteiger partial charge is 0.229 e. The van der Waals surface area contributed by atoms with Crippen LogP contribution in [-0.2, 0) is 4.79 Å². The summed E-state index contributed by atoms with van der Waals surface area (Å²) >= 11 is 0. The van der Waals surface area contributed by atoms with Crippen LogP contribution < -0.4 is 10.1 Å². The molecule has 4 nitrogen and oxygen atoms in total. The second kappa shape index (κ2) is 5.68. The van der Waals surface area contributed by atoms with Crippen molar-refractivity contribution < 1.29 is 14.6 Å². The maximum absolute atomic E-state index is 11.7. The molecule has 0 aliphatic heterocycles. The Morgan fingerprint density at radius 2 is 1.88 bits per heavy atom. The van der Waals surface area contributed by atoms with Gasteiger partial charge in [0.05, 0.1) is 6.61 Å². The Labute approximate surface area is 102 Å². The van der Waals surface area contributed by atoms with Gasteiger partial charge in [-0.3, -0.25) is 4.79 Å². The number of rotatable bonds is 4. The van der Waals surface area contributed by atoms with Crippen LogP contribution in [0.3, 0.4) is 0 Å². The average Bonchev–Trinajstić information content (AvgIpc) is 2.27. The van der Waals surface area contributed by atoms with Gasteiger partial charge in [0.1, 0.15) is 12.4 Å². The molecule has 1 aromatic carbocycles. The Morgan fingerprint density at radius 1 is 1.29 bits per heavy atom. The Morgan fingerprint density at radius 3 is 2.35 bits per heavy atom. The van der Waals surface area contributed by atoms with Gasteiger partial charge < -0.3 is 15.2 Å². The lowest BCUT2D eigenvalue weighted by Gasteiger charge is -2.17. The van der Waals surface area contributed by atoms with E-state index in [0.29, 0.717) is 5.75 Å². The third-order valence-corrected chi connectivity index (χ3v) is 2.15. The highest BCUT2D eigenvalue weighted by Gasteiger charge is 2.20. The van der Waals surface area contributed by atoms with Gasteiger partial charge in [-0.25, -0.2) is 0 Å². The summed E-state index contributed by atoms with van der Waals surface area (Å²) in [6, 6.07) is 7.06. The SMILES string of the molecule is CC(C)(C)C(=O)Nc1ccc(OCCO)cc1. The van der Waals surface area contributed by atoms with Crippen molar-refractivity contribution in [2.75, 3.05) is 18.5 Å². The van der Waals surface area contributed by atoms with Crippen molar-refractivity contribution in [3.8, 4) is 5.75 Å². The van der Waals surface area contributed by atoms with Crippen LogP contribution in [0, 0.1) is 5.41 Å². The molecule has 2 N–H and O–H groups in total. The van der Waals surface area contributed by atoms with Gasteiger partial charge in [-0.05, 0) is 24.3 Å². The summed E-state index contributed by atoms with van der Waals surface area (Å²) < 4.78 is 5.22. The number of hydrogen-bond acceptors (Lipinski definition) is 3. The molecule has 0 aromatic heterocycles. The molecule has 1 rings (SSSR count). The van der Waals surface area contributed by atoms with Gasteiger partial charge in [0.15, 0.2) is 0 Å². The third-order valence-electron chi connectivity index (χ3n) is 2.15. The van der Waals surface area contributed by atoms with Gasteiger partial charge in [0.25, 0.3) is 0 Å². The number of aliphatic hydroxyl groups is 1. The molecule has 4 heteroatoms. The molecule has 1 aromatic rings. The Hall–Kier alpha value is -1.55. The van der Waals surface area contributed by atoms with Crippen molar-refractivity contribution in [3.05, 3.63) is 24.3 Å². The van der Waals surface area contributed by atoms with E-state index in [4.69, 9.17) is 9.84 Å². The van der Waals surface area contributed by atoms with E-state index in [9.17, 15) is 4.79 Å². The van der Waals surface area contributed by atoms with E-state index in [1.54, 1.807) is 24.3 Å². The molecule has 0 atom stereocenters. The van der Waals surface area contributed by atoms with Gasteiger partial charge in [0.2, 0.25) is 5.91 Å². The summed E-state index contributed by atoms with van der Waals surface area (Å²) in [6.07, 6.45) is 0. The zero-order valence-electron chi connectivity index (χ0n) is 10.5. The molecule has 0 bridgehead atoms. The molecule has 0 unspecified atom stereocenters. The predicted octanol–water partition coefficient (Wildman–Crippen LogP) is 2.04. The van der Waals surface area contributed by atoms with Crippen LogP contribution in [0.5, 0.6) is 5.75 Å². The molecule has 0 saturated heterocycles. The van der Waals surface area contributed by atoms with Crippen LogP contribution in [0.2, 0.25) is 0 Å². The van der Waals surface area contributed by atoms with Crippen LogP contribution in [0.25, 0.3) is 0 Å². The monoisotopic (exact) mass is 237 g/mol. The molecule has 94 valence electrons. The largest absolute Gasteiger partial charge is 0.491 e. The van der Waals surface area contributed by atoms with Crippen LogP contribution in [0.1, 0.15) is 20.8 Å². The highest BCUT2D eigenvalue weighted by Crippen LogP contribution is 2.19. The molecule has 1 amide bonds. The van der Waals surface area contributed by atoms with Crippen molar-refractivity contribution in [1.29, 1.82) is 0 Å². The zero-order chi connectivity index (χ0) is 12.9. The molecule has 0 heterocycles. The fourth-order valence-corrected chi connectivity index (χ4v) is 1.12. The molecule has 0 saturated carbocycles. The van der Waals surface area contributed by atoms with Gasteiger partial charge in [0, 0.05) is 11.1 Å². The van der Waals surface area contributed by atoms with Gasteiger partial charge >= 0.3 is 0 Å². The fourth-order valence-electron chi connectivity index (χ4n) is 1.12. The molecule has 0 spiro atoms. The van der Waals surface area contributed by atoms with E-state index in [1.807, 2.05) is 20.8 Å². The number of carbonyl (C=O) groups excluding carboxylic acids is 1. The lowest BCUT2D eigenvalue weighted by Crippen LogP contribution is -2.27. The van der Waals surface area contributed by atoms with Crippen LogP contribution in [0.4, 0.5) is 5.69 Å². The summed E-state index contributed by atoms with van der Waals surface area (Å²) in [4.78, 5) is 11.7. The van der Waals surface area contributed by atoms with Gasteiger partial charge in [-0.1, -0.05) is 20.8 Å². The van der Waals surface area contributed by atoms with Crippen molar-refractivity contribution >= 4 is 11.6 Å². The van der Waals surface area contributed by atoms with E-state index in [2.05, 4.69) is 5.32 Å². The number of aliphatic hydroxyl groups excluding tert-OH is 1. The lowest BCUT2D eigenvalue weighted by molar-refractivity contribution is -0.123. The molecular weight excluding hydrogens is 218 g/mol. The van der Waals surface area contributed by atoms with Crippen LogP contribution in [0.15, 0.2) is 24.3 Å². The zero-order valence-corrected chi connectivity index (χ0v) is 10.5. The molecular formula is C13H19NO3. The molecule has 0 fully saturated rings. The number of hydrogen-bond donors (Lipinski definition) is 2.